The van der Waals surface area contributed by atoms with Crippen molar-refractivity contribution in [3.8, 4) is 0 Å². The molecule has 0 aliphatic rings. The molecule has 0 bridgehead atoms. The third-order valence-electron chi connectivity index (χ3n) is 2.71. The molecule has 1 amide bonds. The molecule has 4 nitrogen and oxygen atoms in total. The summed E-state index contributed by atoms with van der Waals surface area (Å²) in [4.78, 5) is 15.6. The number of hydrogen-bond donors (Lipinski definition) is 2. The molecular weight excluding hydrogens is 306 g/mol. The largest absolute Gasteiger partial charge is 0.369 e. The second kappa shape index (κ2) is 5.84. The summed E-state index contributed by atoms with van der Waals surface area (Å²) in [5.41, 5.74) is 8.16. The molecule has 0 aliphatic carbocycles. The van der Waals surface area contributed by atoms with Crippen molar-refractivity contribution in [2.24, 2.45) is 5.73 Å². The average Bonchev–Trinajstić information content (AvgIpc) is 2.37. The molecule has 0 fully saturated rings. The van der Waals surface area contributed by atoms with Crippen LogP contribution in [0.15, 0.2) is 47.2 Å². The Bertz CT molecular complexity index is 583. The van der Waals surface area contributed by atoms with Gasteiger partial charge in [-0.2, -0.15) is 0 Å². The molecule has 0 spiro atoms. The van der Waals surface area contributed by atoms with Gasteiger partial charge in [-0.25, -0.2) is 0 Å². The Balaban J connectivity index is 2.26. The van der Waals surface area contributed by atoms with Crippen LogP contribution in [0.4, 0.5) is 5.69 Å². The number of hydrogen-bond acceptors (Lipinski definition) is 3. The summed E-state index contributed by atoms with van der Waals surface area (Å²) in [6, 6.07) is 8.96. The number of halogens is 1. The van der Waals surface area contributed by atoms with Crippen molar-refractivity contribution in [2.45, 2.75) is 13.0 Å². The number of carbonyl (C=O) groups is 1. The Morgan fingerprint density at radius 2 is 2.00 bits per heavy atom. The van der Waals surface area contributed by atoms with Crippen LogP contribution in [0.25, 0.3) is 0 Å². The van der Waals surface area contributed by atoms with E-state index in [9.17, 15) is 4.79 Å². The predicted molar refractivity (Wildman–Crippen MR) is 78.7 cm³/mol. The zero-order valence-electron chi connectivity index (χ0n) is 10.4. The van der Waals surface area contributed by atoms with Gasteiger partial charge in [-0.05, 0) is 34.5 Å². The molecule has 1 unspecified atom stereocenters. The van der Waals surface area contributed by atoms with Crippen molar-refractivity contribution in [3.63, 3.8) is 0 Å². The van der Waals surface area contributed by atoms with E-state index in [1.807, 2.05) is 37.3 Å². The number of anilines is 1. The fourth-order valence-corrected chi connectivity index (χ4v) is 2.10. The van der Waals surface area contributed by atoms with E-state index in [-0.39, 0.29) is 0 Å². The van der Waals surface area contributed by atoms with Crippen LogP contribution < -0.4 is 11.1 Å². The molecule has 1 aromatic heterocycles. The molecule has 3 N–H and O–H groups in total. The molecule has 1 heterocycles. The van der Waals surface area contributed by atoms with Crippen LogP contribution in [-0.4, -0.2) is 10.9 Å². The zero-order valence-corrected chi connectivity index (χ0v) is 12.0. The monoisotopic (exact) mass is 319 g/mol. The number of aryl methyl sites for hydroxylation is 1. The number of nitrogens with two attached hydrogens (primary N) is 1. The number of primary amides is 1. The number of nitrogens with zero attached hydrogens (tertiary/aromatic N) is 1. The standard InChI is InChI=1S/C14H14BrN3O/c1-9-2-4-10(5-3-9)13(14(16)19)18-12-6-11(15)7-17-8-12/h2-8,13,18H,1H3,(H2,16,19). The number of carbonyl (C=O) groups excluding carboxylic acids is 1. The summed E-state index contributed by atoms with van der Waals surface area (Å²) in [7, 11) is 0. The molecule has 0 saturated heterocycles. The number of nitrogens with one attached hydrogen (secondary N) is 1. The van der Waals surface area contributed by atoms with E-state index in [2.05, 4.69) is 26.2 Å². The molecule has 0 aliphatic heterocycles. The first-order valence-corrected chi connectivity index (χ1v) is 6.58. The first-order valence-electron chi connectivity index (χ1n) is 5.79. The van der Waals surface area contributed by atoms with Gasteiger partial charge in [0.2, 0.25) is 5.91 Å². The zero-order chi connectivity index (χ0) is 13.8. The van der Waals surface area contributed by atoms with Crippen molar-refractivity contribution in [3.05, 3.63) is 58.3 Å². The number of aromatic nitrogens is 1. The maximum Gasteiger partial charge on any atom is 0.244 e. The van der Waals surface area contributed by atoms with E-state index in [0.717, 1.165) is 21.3 Å². The summed E-state index contributed by atoms with van der Waals surface area (Å²) >= 11 is 3.34. The molecule has 5 heteroatoms. The van der Waals surface area contributed by atoms with Crippen LogP contribution in [0.5, 0.6) is 0 Å². The molecule has 98 valence electrons. The van der Waals surface area contributed by atoms with Gasteiger partial charge >= 0.3 is 0 Å². The van der Waals surface area contributed by atoms with E-state index in [1.165, 1.54) is 0 Å². The van der Waals surface area contributed by atoms with Crippen molar-refractivity contribution < 1.29 is 4.79 Å². The number of amides is 1. The van der Waals surface area contributed by atoms with Gasteiger partial charge in [-0.1, -0.05) is 29.8 Å². The lowest BCUT2D eigenvalue weighted by Gasteiger charge is -2.17. The number of rotatable bonds is 4. The SMILES string of the molecule is Cc1ccc(C(Nc2cncc(Br)c2)C(N)=O)cc1. The normalized spacial score (nSPS) is 11.9. The number of pyridine rings is 1. The Morgan fingerprint density at radius 3 is 2.58 bits per heavy atom. The molecule has 2 aromatic rings. The minimum absolute atomic E-state index is 0.427. The highest BCUT2D eigenvalue weighted by molar-refractivity contribution is 9.10. The van der Waals surface area contributed by atoms with Gasteiger partial charge < -0.3 is 11.1 Å². The second-order valence-corrected chi connectivity index (χ2v) is 5.20. The summed E-state index contributed by atoms with van der Waals surface area (Å²) in [5.74, 6) is -0.427. The highest BCUT2D eigenvalue weighted by Crippen LogP contribution is 2.21. The Labute approximate surface area is 120 Å². The fraction of sp³-hybridized carbons (Fsp3) is 0.143. The van der Waals surface area contributed by atoms with Crippen molar-refractivity contribution in [1.82, 2.24) is 4.98 Å². The van der Waals surface area contributed by atoms with E-state index in [1.54, 1.807) is 12.4 Å². The fourth-order valence-electron chi connectivity index (χ4n) is 1.74. The first kappa shape index (κ1) is 13.5. The molecule has 1 aromatic carbocycles. The average molecular weight is 320 g/mol. The van der Waals surface area contributed by atoms with Gasteiger partial charge in [0.05, 0.1) is 11.9 Å². The quantitative estimate of drug-likeness (QED) is 0.910. The van der Waals surface area contributed by atoms with Gasteiger partial charge in [0.15, 0.2) is 0 Å². The van der Waals surface area contributed by atoms with Crippen molar-refractivity contribution in [1.29, 1.82) is 0 Å². The summed E-state index contributed by atoms with van der Waals surface area (Å²) in [6.07, 6.45) is 3.32. The van der Waals surface area contributed by atoms with E-state index in [4.69, 9.17) is 5.73 Å². The summed E-state index contributed by atoms with van der Waals surface area (Å²) in [5, 5.41) is 3.09. The topological polar surface area (TPSA) is 68.0 Å². The van der Waals surface area contributed by atoms with Gasteiger partial charge in [-0.3, -0.25) is 9.78 Å². The molecule has 0 radical (unpaired) electrons. The highest BCUT2D eigenvalue weighted by Gasteiger charge is 2.17. The lowest BCUT2D eigenvalue weighted by molar-refractivity contribution is -0.118. The summed E-state index contributed by atoms with van der Waals surface area (Å²) < 4.78 is 0.838. The Morgan fingerprint density at radius 1 is 1.32 bits per heavy atom. The molecular formula is C14H14BrN3O. The van der Waals surface area contributed by atoms with Crippen LogP contribution in [-0.2, 0) is 4.79 Å². The highest BCUT2D eigenvalue weighted by atomic mass is 79.9. The molecule has 0 saturated carbocycles. The van der Waals surface area contributed by atoms with Gasteiger partial charge in [0, 0.05) is 10.7 Å². The van der Waals surface area contributed by atoms with Crippen LogP contribution in [0.2, 0.25) is 0 Å². The van der Waals surface area contributed by atoms with Gasteiger partial charge in [0.25, 0.3) is 0 Å². The Hall–Kier alpha value is -1.88. The molecule has 1 atom stereocenters. The van der Waals surface area contributed by atoms with Crippen LogP contribution in [0.3, 0.4) is 0 Å². The molecule has 19 heavy (non-hydrogen) atoms. The first-order chi connectivity index (χ1) is 9.06. The van der Waals surface area contributed by atoms with Gasteiger partial charge in [-0.15, -0.1) is 0 Å². The minimum atomic E-state index is -0.573. The number of benzene rings is 1. The lowest BCUT2D eigenvalue weighted by Crippen LogP contribution is -2.27. The van der Waals surface area contributed by atoms with Crippen LogP contribution >= 0.6 is 15.9 Å². The predicted octanol–water partition coefficient (Wildman–Crippen LogP) is 2.79. The van der Waals surface area contributed by atoms with Crippen molar-refractivity contribution >= 4 is 27.5 Å². The maximum atomic E-state index is 11.6. The Kier molecular flexibility index (Phi) is 4.16. The van der Waals surface area contributed by atoms with Crippen molar-refractivity contribution in [2.75, 3.05) is 5.32 Å². The third kappa shape index (κ3) is 3.54. The van der Waals surface area contributed by atoms with Crippen LogP contribution in [0, 0.1) is 6.92 Å². The maximum absolute atomic E-state index is 11.6. The van der Waals surface area contributed by atoms with E-state index in [0.29, 0.717) is 0 Å². The smallest absolute Gasteiger partial charge is 0.244 e. The third-order valence-corrected chi connectivity index (χ3v) is 3.14. The van der Waals surface area contributed by atoms with Gasteiger partial charge in [0.1, 0.15) is 6.04 Å². The van der Waals surface area contributed by atoms with Crippen LogP contribution in [0.1, 0.15) is 17.2 Å². The second-order valence-electron chi connectivity index (χ2n) is 4.28. The van der Waals surface area contributed by atoms with E-state index >= 15 is 0 Å². The summed E-state index contributed by atoms with van der Waals surface area (Å²) in [6.45, 7) is 1.99. The minimum Gasteiger partial charge on any atom is -0.369 e. The lowest BCUT2D eigenvalue weighted by atomic mass is 10.0. The molecule has 2 rings (SSSR count). The van der Waals surface area contributed by atoms with E-state index < -0.39 is 11.9 Å².